The zero-order chi connectivity index (χ0) is 25.6. The predicted octanol–water partition coefficient (Wildman–Crippen LogP) is 6.13. The molecule has 0 aliphatic heterocycles. The van der Waals surface area contributed by atoms with Gasteiger partial charge >= 0.3 is 0 Å². The van der Waals surface area contributed by atoms with Crippen molar-refractivity contribution < 1.29 is 27.7 Å². The minimum absolute atomic E-state index is 0. The van der Waals surface area contributed by atoms with Crippen molar-refractivity contribution in [2.45, 2.75) is 35.6 Å². The van der Waals surface area contributed by atoms with Crippen LogP contribution in [-0.4, -0.2) is 19.2 Å². The summed E-state index contributed by atoms with van der Waals surface area (Å²) in [5.41, 5.74) is 4.97. The third kappa shape index (κ3) is 12.7. The van der Waals surface area contributed by atoms with E-state index in [9.17, 15) is 0 Å². The van der Waals surface area contributed by atoms with E-state index in [4.69, 9.17) is 50.5 Å². The maximum absolute atomic E-state index is 5.24. The maximum Gasteiger partial charge on any atom is 0.0199 e. The van der Waals surface area contributed by atoms with Gasteiger partial charge in [-0.25, -0.2) is 9.41 Å². The molecule has 0 fully saturated rings. The van der Waals surface area contributed by atoms with Crippen molar-refractivity contribution >= 4 is 50.5 Å². The quantitative estimate of drug-likeness (QED) is 0.141. The first-order chi connectivity index (χ1) is 17.5. The third-order valence-electron chi connectivity index (χ3n) is 5.51. The van der Waals surface area contributed by atoms with Gasteiger partial charge in [0.2, 0.25) is 0 Å². The maximum atomic E-state index is 5.24. The smallest absolute Gasteiger partial charge is 0.0199 e. The fraction of sp³-hybridized carbons (Fsp3) is 0.200. The Kier molecular flexibility index (Phi) is 16.1. The van der Waals surface area contributed by atoms with E-state index in [-0.39, 0.29) is 37.1 Å². The Morgan fingerprint density at radius 3 is 0.730 bits per heavy atom. The fourth-order valence-corrected chi connectivity index (χ4v) is 4.28. The number of hydrogen-bond donors (Lipinski definition) is 0. The Hall–Kier alpha value is -0.865. The molecular formula is C30H30HgN2S4-4. The minimum Gasteiger partial charge on any atom is -0.800 e. The van der Waals surface area contributed by atoms with Gasteiger partial charge in [0.1, 0.15) is 0 Å². The topological polar surface area (TPSA) is 6.48 Å². The van der Waals surface area contributed by atoms with Crippen LogP contribution < -0.4 is 0 Å². The molecular weight excluding hydrogens is 717 g/mol. The van der Waals surface area contributed by atoms with Crippen molar-refractivity contribution in [3.63, 3.8) is 0 Å². The molecule has 0 amide bonds. The van der Waals surface area contributed by atoms with E-state index in [0.29, 0.717) is 0 Å². The van der Waals surface area contributed by atoms with Crippen LogP contribution in [0.1, 0.15) is 22.3 Å². The van der Waals surface area contributed by atoms with Crippen LogP contribution in [0.15, 0.2) is 121 Å². The van der Waals surface area contributed by atoms with E-state index in [0.717, 1.165) is 26.2 Å². The first-order valence-electron chi connectivity index (χ1n) is 11.8. The molecule has 0 spiro atoms. The molecule has 2 nitrogen and oxygen atoms in total. The molecule has 190 valence electrons. The van der Waals surface area contributed by atoms with Crippen molar-refractivity contribution in [2.24, 2.45) is 0 Å². The van der Waals surface area contributed by atoms with Crippen LogP contribution in [0.5, 0.6) is 0 Å². The predicted molar refractivity (Wildman–Crippen MR) is 161 cm³/mol. The molecule has 0 aliphatic carbocycles. The zero-order valence-electron chi connectivity index (χ0n) is 20.8. The SMILES string of the molecule is [Hg].[S-]C([S-])N(Cc1ccccc1)Cc1ccccc1.[S-]C([S-])N(Cc1ccccc1)Cc1ccccc1. The molecule has 0 saturated carbocycles. The number of benzene rings is 4. The molecule has 37 heavy (non-hydrogen) atoms. The Balaban J connectivity index is 0.000000253. The normalized spacial score (nSPS) is 10.8. The standard InChI is InChI=1S/2C15H17NS2.Hg/c2*17-15(18)16(11-13-7-3-1-4-8-13)12-14-9-5-2-6-10-14;/h2*1-10,15,17-18H,11-12H2;/p-4. The van der Waals surface area contributed by atoms with E-state index in [1.165, 1.54) is 22.3 Å². The van der Waals surface area contributed by atoms with Gasteiger partial charge in [0.25, 0.3) is 0 Å². The monoisotopic (exact) mass is 748 g/mol. The van der Waals surface area contributed by atoms with E-state index < -0.39 is 0 Å². The summed E-state index contributed by atoms with van der Waals surface area (Å²) in [5.74, 6) is 0. The summed E-state index contributed by atoms with van der Waals surface area (Å²) < 4.78 is -0.573. The molecule has 0 heterocycles. The van der Waals surface area contributed by atoms with Crippen molar-refractivity contribution in [3.05, 3.63) is 144 Å². The molecule has 0 bridgehead atoms. The summed E-state index contributed by atoms with van der Waals surface area (Å²) >= 11 is 21.0. The molecule has 4 aromatic rings. The molecule has 4 aromatic carbocycles. The number of rotatable bonds is 10. The molecule has 0 atom stereocenters. The fourth-order valence-electron chi connectivity index (χ4n) is 3.68. The van der Waals surface area contributed by atoms with E-state index in [2.05, 4.69) is 58.3 Å². The zero-order valence-corrected chi connectivity index (χ0v) is 29.5. The molecule has 0 radical (unpaired) electrons. The van der Waals surface area contributed by atoms with Crippen LogP contribution in [0.4, 0.5) is 0 Å². The molecule has 4 rings (SSSR count). The summed E-state index contributed by atoms with van der Waals surface area (Å²) in [7, 11) is 0. The van der Waals surface area contributed by atoms with Crippen molar-refractivity contribution in [3.8, 4) is 0 Å². The van der Waals surface area contributed by atoms with Crippen molar-refractivity contribution in [1.82, 2.24) is 9.80 Å². The molecule has 0 aliphatic rings. The number of nitrogens with zero attached hydrogens (tertiary/aromatic N) is 2. The Morgan fingerprint density at radius 2 is 0.568 bits per heavy atom. The van der Waals surface area contributed by atoms with Gasteiger partial charge in [-0.15, -0.1) is 0 Å². The molecule has 0 aromatic heterocycles. The van der Waals surface area contributed by atoms with Crippen LogP contribution >= 0.6 is 0 Å². The first kappa shape index (κ1) is 32.3. The third-order valence-corrected chi connectivity index (χ3v) is 6.70. The molecule has 7 heteroatoms. The van der Waals surface area contributed by atoms with Gasteiger partial charge in [-0.2, -0.15) is 0 Å². The van der Waals surface area contributed by atoms with Crippen LogP contribution in [-0.2, 0) is 104 Å². The second-order valence-electron chi connectivity index (χ2n) is 8.37. The average Bonchev–Trinajstić information content (AvgIpc) is 2.91. The van der Waals surface area contributed by atoms with E-state index in [1.807, 2.05) is 72.8 Å². The van der Waals surface area contributed by atoms with Crippen molar-refractivity contribution in [2.75, 3.05) is 0 Å². The van der Waals surface area contributed by atoms with Crippen molar-refractivity contribution in [1.29, 1.82) is 0 Å². The van der Waals surface area contributed by atoms with E-state index in [1.54, 1.807) is 0 Å². The van der Waals surface area contributed by atoms with Crippen LogP contribution in [0.2, 0.25) is 0 Å². The Labute approximate surface area is 265 Å². The second kappa shape index (κ2) is 18.4. The Morgan fingerprint density at radius 1 is 0.378 bits per heavy atom. The van der Waals surface area contributed by atoms with Gasteiger partial charge in [0.05, 0.1) is 0 Å². The largest absolute Gasteiger partial charge is 0.800 e. The summed E-state index contributed by atoms with van der Waals surface area (Å²) in [6.45, 7) is 3.20. The Bertz CT molecular complexity index is 928. The first-order valence-corrected chi connectivity index (χ1v) is 13.7. The van der Waals surface area contributed by atoms with Gasteiger partial charge in [0.15, 0.2) is 0 Å². The van der Waals surface area contributed by atoms with Crippen LogP contribution in [0, 0.1) is 0 Å². The molecule has 0 N–H and O–H groups in total. The second-order valence-corrected chi connectivity index (χ2v) is 10.7. The number of hydrogen-bond acceptors (Lipinski definition) is 6. The van der Waals surface area contributed by atoms with Gasteiger partial charge < -0.3 is 60.3 Å². The van der Waals surface area contributed by atoms with Gasteiger partial charge in [0, 0.05) is 53.8 Å². The van der Waals surface area contributed by atoms with E-state index >= 15 is 0 Å². The minimum atomic E-state index is -0.287. The van der Waals surface area contributed by atoms with Crippen LogP contribution in [0.25, 0.3) is 0 Å². The summed E-state index contributed by atoms with van der Waals surface area (Å²) in [6.07, 6.45) is 0. The molecule has 0 unspecified atom stereocenters. The average molecular weight is 747 g/mol. The van der Waals surface area contributed by atoms with Gasteiger partial charge in [-0.3, -0.25) is 0 Å². The van der Waals surface area contributed by atoms with Crippen LogP contribution in [0.3, 0.4) is 0 Å². The van der Waals surface area contributed by atoms with Gasteiger partial charge in [-0.1, -0.05) is 121 Å². The summed E-state index contributed by atoms with van der Waals surface area (Å²) in [6, 6.07) is 41.2. The summed E-state index contributed by atoms with van der Waals surface area (Å²) in [5, 5.41) is 0. The molecule has 0 saturated heterocycles. The van der Waals surface area contributed by atoms with Gasteiger partial charge in [-0.05, 0) is 22.3 Å². The summed E-state index contributed by atoms with van der Waals surface area (Å²) in [4.78, 5) is 4.24.